The van der Waals surface area contributed by atoms with Crippen molar-refractivity contribution in [3.63, 3.8) is 0 Å². The van der Waals surface area contributed by atoms with Crippen LogP contribution in [-0.2, 0) is 5.41 Å². The summed E-state index contributed by atoms with van der Waals surface area (Å²) in [6.07, 6.45) is 0. The first kappa shape index (κ1) is 16.5. The van der Waals surface area contributed by atoms with Gasteiger partial charge < -0.3 is 5.32 Å². The summed E-state index contributed by atoms with van der Waals surface area (Å²) in [6, 6.07) is 13.6. The molecule has 0 fully saturated rings. The van der Waals surface area contributed by atoms with E-state index in [1.165, 1.54) is 5.56 Å². The number of carbonyl (C=O) groups is 1. The summed E-state index contributed by atoms with van der Waals surface area (Å²) in [6.45, 7) is 6.50. The Labute approximate surface area is 147 Å². The quantitative estimate of drug-likeness (QED) is 0.584. The Morgan fingerprint density at radius 1 is 1.14 bits per heavy atom. The van der Waals surface area contributed by atoms with Gasteiger partial charge in [0.2, 0.25) is 0 Å². The van der Waals surface area contributed by atoms with Gasteiger partial charge in [-0.2, -0.15) is 0 Å². The van der Waals surface area contributed by atoms with Crippen LogP contribution in [0.5, 0.6) is 0 Å². The number of nitrogens with one attached hydrogen (secondary N) is 1. The SMILES string of the molecule is CC(C)(C)c1ccc(NC(=O)c2ccccc2I)c(Br)c1. The zero-order valence-corrected chi connectivity index (χ0v) is 15.9. The molecule has 0 saturated heterocycles. The highest BCUT2D eigenvalue weighted by molar-refractivity contribution is 14.1. The number of hydrogen-bond donors (Lipinski definition) is 1. The summed E-state index contributed by atoms with van der Waals surface area (Å²) >= 11 is 5.71. The minimum absolute atomic E-state index is 0.0832. The van der Waals surface area contributed by atoms with Crippen LogP contribution < -0.4 is 5.32 Å². The molecular formula is C17H17BrINO. The van der Waals surface area contributed by atoms with E-state index >= 15 is 0 Å². The van der Waals surface area contributed by atoms with Gasteiger partial charge in [0.15, 0.2) is 0 Å². The van der Waals surface area contributed by atoms with Gasteiger partial charge in [-0.15, -0.1) is 0 Å². The molecule has 0 heterocycles. The van der Waals surface area contributed by atoms with Gasteiger partial charge in [-0.25, -0.2) is 0 Å². The van der Waals surface area contributed by atoms with Crippen LogP contribution in [0.15, 0.2) is 46.9 Å². The van der Waals surface area contributed by atoms with Gasteiger partial charge in [-0.1, -0.05) is 39.0 Å². The van der Waals surface area contributed by atoms with Gasteiger partial charge in [0, 0.05) is 8.04 Å². The molecule has 4 heteroatoms. The summed E-state index contributed by atoms with van der Waals surface area (Å²) in [5.41, 5.74) is 2.78. The lowest BCUT2D eigenvalue weighted by Crippen LogP contribution is -2.15. The van der Waals surface area contributed by atoms with E-state index in [1.807, 2.05) is 30.3 Å². The van der Waals surface area contributed by atoms with Crippen LogP contribution in [0.2, 0.25) is 0 Å². The Kier molecular flexibility index (Phi) is 5.09. The van der Waals surface area contributed by atoms with Gasteiger partial charge in [0.25, 0.3) is 5.91 Å². The Balaban J connectivity index is 2.25. The standard InChI is InChI=1S/C17H17BrINO/c1-17(2,3)11-8-9-15(13(18)10-11)20-16(21)12-6-4-5-7-14(12)19/h4-10H,1-3H3,(H,20,21). The lowest BCUT2D eigenvalue weighted by atomic mass is 9.87. The summed E-state index contributed by atoms with van der Waals surface area (Å²) < 4.78 is 1.84. The van der Waals surface area contributed by atoms with Crippen LogP contribution in [0, 0.1) is 3.57 Å². The van der Waals surface area contributed by atoms with Crippen LogP contribution >= 0.6 is 38.5 Å². The van der Waals surface area contributed by atoms with E-state index in [1.54, 1.807) is 0 Å². The number of amides is 1. The van der Waals surface area contributed by atoms with E-state index in [2.05, 4.69) is 76.7 Å². The van der Waals surface area contributed by atoms with E-state index in [4.69, 9.17) is 0 Å². The molecule has 0 saturated carbocycles. The van der Waals surface area contributed by atoms with Crippen molar-refractivity contribution >= 4 is 50.1 Å². The van der Waals surface area contributed by atoms with Gasteiger partial charge in [-0.05, 0) is 73.8 Å². The molecule has 2 aromatic carbocycles. The molecule has 0 aliphatic rings. The molecule has 1 N–H and O–H groups in total. The van der Waals surface area contributed by atoms with Crippen molar-refractivity contribution in [3.8, 4) is 0 Å². The van der Waals surface area contributed by atoms with Crippen molar-refractivity contribution in [1.29, 1.82) is 0 Å². The minimum atomic E-state index is -0.0933. The molecule has 0 bridgehead atoms. The largest absolute Gasteiger partial charge is 0.321 e. The van der Waals surface area contributed by atoms with Crippen molar-refractivity contribution in [2.75, 3.05) is 5.32 Å². The molecule has 0 unspecified atom stereocenters. The Hall–Kier alpha value is -0.880. The fraction of sp³-hybridized carbons (Fsp3) is 0.235. The van der Waals surface area contributed by atoms with Crippen molar-refractivity contribution < 1.29 is 4.79 Å². The molecule has 21 heavy (non-hydrogen) atoms. The fourth-order valence-corrected chi connectivity index (χ4v) is 3.03. The number of carbonyl (C=O) groups excluding carboxylic acids is 1. The molecular weight excluding hydrogens is 441 g/mol. The zero-order chi connectivity index (χ0) is 15.6. The van der Waals surface area contributed by atoms with Crippen LogP contribution in [-0.4, -0.2) is 5.91 Å². The predicted octanol–water partition coefficient (Wildman–Crippen LogP) is 5.60. The molecule has 0 spiro atoms. The van der Waals surface area contributed by atoms with E-state index in [-0.39, 0.29) is 11.3 Å². The monoisotopic (exact) mass is 457 g/mol. The van der Waals surface area contributed by atoms with E-state index in [9.17, 15) is 4.79 Å². The third-order valence-corrected chi connectivity index (χ3v) is 4.80. The zero-order valence-electron chi connectivity index (χ0n) is 12.2. The highest BCUT2D eigenvalue weighted by Crippen LogP contribution is 2.30. The third-order valence-electron chi connectivity index (χ3n) is 3.20. The summed E-state index contributed by atoms with van der Waals surface area (Å²) in [4.78, 5) is 12.3. The molecule has 110 valence electrons. The third kappa shape index (κ3) is 4.07. The molecule has 0 aliphatic carbocycles. The first-order valence-corrected chi connectivity index (χ1v) is 8.52. The maximum atomic E-state index is 12.3. The van der Waals surface area contributed by atoms with E-state index < -0.39 is 0 Å². The Morgan fingerprint density at radius 3 is 2.38 bits per heavy atom. The van der Waals surface area contributed by atoms with Crippen LogP contribution in [0.4, 0.5) is 5.69 Å². The smallest absolute Gasteiger partial charge is 0.256 e. The van der Waals surface area contributed by atoms with Crippen molar-refractivity contribution in [1.82, 2.24) is 0 Å². The second-order valence-corrected chi connectivity index (χ2v) is 7.90. The minimum Gasteiger partial charge on any atom is -0.321 e. The average Bonchev–Trinajstić information content (AvgIpc) is 2.40. The van der Waals surface area contributed by atoms with E-state index in [0.717, 1.165) is 13.7 Å². The number of halogens is 2. The van der Waals surface area contributed by atoms with Crippen LogP contribution in [0.3, 0.4) is 0 Å². The topological polar surface area (TPSA) is 29.1 Å². The van der Waals surface area contributed by atoms with Crippen LogP contribution in [0.1, 0.15) is 36.7 Å². The highest BCUT2D eigenvalue weighted by atomic mass is 127. The molecule has 0 atom stereocenters. The molecule has 2 rings (SSSR count). The van der Waals surface area contributed by atoms with Crippen molar-refractivity contribution in [2.24, 2.45) is 0 Å². The number of rotatable bonds is 2. The normalized spacial score (nSPS) is 11.3. The lowest BCUT2D eigenvalue weighted by molar-refractivity contribution is 0.102. The maximum Gasteiger partial charge on any atom is 0.256 e. The Bertz CT molecular complexity index is 677. The Morgan fingerprint density at radius 2 is 1.81 bits per heavy atom. The molecule has 1 amide bonds. The summed E-state index contributed by atoms with van der Waals surface area (Å²) in [7, 11) is 0. The molecule has 2 nitrogen and oxygen atoms in total. The van der Waals surface area contributed by atoms with Crippen molar-refractivity contribution in [2.45, 2.75) is 26.2 Å². The summed E-state index contributed by atoms with van der Waals surface area (Å²) in [5.74, 6) is -0.0933. The molecule has 2 aromatic rings. The predicted molar refractivity (Wildman–Crippen MR) is 100.0 cm³/mol. The number of benzene rings is 2. The highest BCUT2D eigenvalue weighted by Gasteiger charge is 2.16. The second kappa shape index (κ2) is 6.48. The molecule has 0 aromatic heterocycles. The van der Waals surface area contributed by atoms with Gasteiger partial charge in [0.05, 0.1) is 11.3 Å². The van der Waals surface area contributed by atoms with Crippen LogP contribution in [0.25, 0.3) is 0 Å². The van der Waals surface area contributed by atoms with Gasteiger partial charge in [0.1, 0.15) is 0 Å². The number of anilines is 1. The molecule has 0 aliphatic heterocycles. The molecule has 0 radical (unpaired) electrons. The first-order chi connectivity index (χ1) is 9.79. The van der Waals surface area contributed by atoms with Gasteiger partial charge >= 0.3 is 0 Å². The summed E-state index contributed by atoms with van der Waals surface area (Å²) in [5, 5.41) is 2.96. The maximum absolute atomic E-state index is 12.3. The van der Waals surface area contributed by atoms with E-state index in [0.29, 0.717) is 5.56 Å². The second-order valence-electron chi connectivity index (χ2n) is 5.88. The fourth-order valence-electron chi connectivity index (χ4n) is 1.92. The first-order valence-electron chi connectivity index (χ1n) is 6.65. The average molecular weight is 458 g/mol. The number of hydrogen-bond acceptors (Lipinski definition) is 1. The van der Waals surface area contributed by atoms with Gasteiger partial charge in [-0.3, -0.25) is 4.79 Å². The van der Waals surface area contributed by atoms with Crippen molar-refractivity contribution in [3.05, 3.63) is 61.6 Å². The lowest BCUT2D eigenvalue weighted by Gasteiger charge is -2.20.